The van der Waals surface area contributed by atoms with E-state index in [0.717, 1.165) is 30.8 Å². The fourth-order valence-corrected chi connectivity index (χ4v) is 4.27. The van der Waals surface area contributed by atoms with Crippen LogP contribution in [0.25, 0.3) is 0 Å². The molecule has 2 fully saturated rings. The molecule has 1 aliphatic carbocycles. The molecule has 6 heteroatoms. The van der Waals surface area contributed by atoms with Crippen LogP contribution in [0.3, 0.4) is 0 Å². The van der Waals surface area contributed by atoms with E-state index in [4.69, 9.17) is 5.73 Å². The standard InChI is InChI=1S/C22H29N5O/c23-21(27-17-10-8-15(9-11-17)18-7-4-13-24-18)20-19(12-14-25-22(20)28)26-16-5-2-1-3-6-16/h8-12,14,16,18,24H,1-7,13H2,(H2,23,27)(H2,25,26,28). The van der Waals surface area contributed by atoms with Gasteiger partial charge >= 0.3 is 0 Å². The summed E-state index contributed by atoms with van der Waals surface area (Å²) >= 11 is 0. The molecule has 2 heterocycles. The smallest absolute Gasteiger partial charge is 0.261 e. The van der Waals surface area contributed by atoms with E-state index in [1.807, 2.05) is 18.2 Å². The van der Waals surface area contributed by atoms with E-state index in [0.29, 0.717) is 17.6 Å². The van der Waals surface area contributed by atoms with Crippen molar-refractivity contribution in [2.75, 3.05) is 11.9 Å². The lowest BCUT2D eigenvalue weighted by Gasteiger charge is -2.24. The van der Waals surface area contributed by atoms with E-state index < -0.39 is 0 Å². The number of nitrogens with two attached hydrogens (primary N) is 1. The maximum atomic E-state index is 12.5. The van der Waals surface area contributed by atoms with Crippen LogP contribution in [0.2, 0.25) is 0 Å². The molecule has 148 valence electrons. The summed E-state index contributed by atoms with van der Waals surface area (Å²) in [7, 11) is 0. The van der Waals surface area contributed by atoms with Crippen LogP contribution in [-0.2, 0) is 0 Å². The lowest BCUT2D eigenvalue weighted by atomic mass is 9.95. The highest BCUT2D eigenvalue weighted by atomic mass is 16.1. The van der Waals surface area contributed by atoms with Crippen LogP contribution < -0.4 is 21.9 Å². The van der Waals surface area contributed by atoms with Crippen molar-refractivity contribution in [3.63, 3.8) is 0 Å². The molecule has 1 aliphatic heterocycles. The Kier molecular flexibility index (Phi) is 5.76. The lowest BCUT2D eigenvalue weighted by Crippen LogP contribution is -2.29. The Bertz CT molecular complexity index is 875. The van der Waals surface area contributed by atoms with Gasteiger partial charge in [0.05, 0.1) is 11.4 Å². The van der Waals surface area contributed by atoms with Crippen LogP contribution in [0.1, 0.15) is 62.1 Å². The van der Waals surface area contributed by atoms with Crippen molar-refractivity contribution in [3.05, 3.63) is 58.0 Å². The number of rotatable bonds is 5. The first-order valence-corrected chi connectivity index (χ1v) is 10.4. The molecule has 0 spiro atoms. The van der Waals surface area contributed by atoms with Gasteiger partial charge in [0.2, 0.25) is 0 Å². The van der Waals surface area contributed by atoms with Crippen molar-refractivity contribution in [1.82, 2.24) is 10.3 Å². The number of aliphatic imine (C=N–C) groups is 1. The molecule has 1 aromatic heterocycles. The van der Waals surface area contributed by atoms with Gasteiger partial charge in [0, 0.05) is 18.3 Å². The molecule has 1 saturated heterocycles. The number of pyridine rings is 1. The van der Waals surface area contributed by atoms with Crippen LogP contribution in [0.5, 0.6) is 0 Å². The van der Waals surface area contributed by atoms with Crippen LogP contribution in [0.4, 0.5) is 11.4 Å². The molecule has 0 bridgehead atoms. The molecule has 1 aromatic carbocycles. The summed E-state index contributed by atoms with van der Waals surface area (Å²) in [6, 6.07) is 10.8. The topological polar surface area (TPSA) is 95.3 Å². The fraction of sp³-hybridized carbons (Fsp3) is 0.455. The number of benzene rings is 1. The summed E-state index contributed by atoms with van der Waals surface area (Å²) in [4.78, 5) is 19.7. The summed E-state index contributed by atoms with van der Waals surface area (Å²) in [5, 5.41) is 7.01. The summed E-state index contributed by atoms with van der Waals surface area (Å²) in [6.45, 7) is 1.07. The second-order valence-electron chi connectivity index (χ2n) is 7.81. The van der Waals surface area contributed by atoms with Crippen molar-refractivity contribution >= 4 is 17.2 Å². The largest absolute Gasteiger partial charge is 0.383 e. The van der Waals surface area contributed by atoms with Gasteiger partial charge in [0.15, 0.2) is 0 Å². The molecule has 1 saturated carbocycles. The zero-order chi connectivity index (χ0) is 19.3. The van der Waals surface area contributed by atoms with Gasteiger partial charge in [-0.1, -0.05) is 31.4 Å². The van der Waals surface area contributed by atoms with Crippen LogP contribution >= 0.6 is 0 Å². The van der Waals surface area contributed by atoms with E-state index in [2.05, 4.69) is 32.7 Å². The van der Waals surface area contributed by atoms with Gasteiger partial charge in [-0.2, -0.15) is 0 Å². The normalized spacial score (nSPS) is 21.0. The summed E-state index contributed by atoms with van der Waals surface area (Å²) < 4.78 is 0. The Morgan fingerprint density at radius 1 is 1.04 bits per heavy atom. The van der Waals surface area contributed by atoms with E-state index in [9.17, 15) is 4.79 Å². The zero-order valence-corrected chi connectivity index (χ0v) is 16.2. The first kappa shape index (κ1) is 18.7. The molecule has 6 nitrogen and oxygen atoms in total. The van der Waals surface area contributed by atoms with Crippen molar-refractivity contribution in [2.45, 2.75) is 57.0 Å². The minimum Gasteiger partial charge on any atom is -0.383 e. The molecule has 5 N–H and O–H groups in total. The van der Waals surface area contributed by atoms with Gasteiger partial charge in [-0.15, -0.1) is 0 Å². The first-order chi connectivity index (χ1) is 13.7. The number of nitrogens with zero attached hydrogens (tertiary/aromatic N) is 1. The van der Waals surface area contributed by atoms with Gasteiger partial charge in [0.25, 0.3) is 5.56 Å². The Morgan fingerprint density at radius 2 is 1.82 bits per heavy atom. The molecular weight excluding hydrogens is 350 g/mol. The van der Waals surface area contributed by atoms with Gasteiger partial charge in [-0.25, -0.2) is 4.99 Å². The van der Waals surface area contributed by atoms with Crippen molar-refractivity contribution in [3.8, 4) is 0 Å². The van der Waals surface area contributed by atoms with E-state index in [1.165, 1.54) is 37.7 Å². The monoisotopic (exact) mass is 379 g/mol. The molecule has 1 unspecified atom stereocenters. The number of hydrogen-bond acceptors (Lipinski definition) is 4. The summed E-state index contributed by atoms with van der Waals surface area (Å²) in [5.74, 6) is 0.243. The highest BCUT2D eigenvalue weighted by Gasteiger charge is 2.18. The predicted octanol–water partition coefficient (Wildman–Crippen LogP) is 3.58. The number of aromatic nitrogens is 1. The third-order valence-electron chi connectivity index (χ3n) is 5.79. The third-order valence-corrected chi connectivity index (χ3v) is 5.79. The number of nitrogens with one attached hydrogen (secondary N) is 3. The average Bonchev–Trinajstić information content (AvgIpc) is 3.24. The van der Waals surface area contributed by atoms with Crippen molar-refractivity contribution < 1.29 is 0 Å². The van der Waals surface area contributed by atoms with Crippen LogP contribution in [0.15, 0.2) is 46.3 Å². The van der Waals surface area contributed by atoms with Crippen LogP contribution in [0, 0.1) is 0 Å². The molecule has 0 radical (unpaired) electrons. The maximum absolute atomic E-state index is 12.5. The Labute approximate surface area is 165 Å². The van der Waals surface area contributed by atoms with E-state index in [1.54, 1.807) is 6.20 Å². The van der Waals surface area contributed by atoms with Gasteiger partial charge < -0.3 is 21.4 Å². The van der Waals surface area contributed by atoms with Gasteiger partial charge in [-0.3, -0.25) is 4.79 Å². The number of anilines is 1. The summed E-state index contributed by atoms with van der Waals surface area (Å²) in [6.07, 6.45) is 10.0. The highest BCUT2D eigenvalue weighted by Crippen LogP contribution is 2.26. The number of H-pyrrole nitrogens is 1. The minimum absolute atomic E-state index is 0.214. The lowest BCUT2D eigenvalue weighted by molar-refractivity contribution is 0.462. The summed E-state index contributed by atoms with van der Waals surface area (Å²) in [5.41, 5.74) is 9.28. The number of amidine groups is 1. The molecular formula is C22H29N5O. The average molecular weight is 380 g/mol. The SMILES string of the molecule is NC(=Nc1ccc(C2CCCN2)cc1)c1c(NC2CCCCC2)cc[nH]c1=O. The maximum Gasteiger partial charge on any atom is 0.261 e. The van der Waals surface area contributed by atoms with E-state index >= 15 is 0 Å². The predicted molar refractivity (Wildman–Crippen MR) is 114 cm³/mol. The highest BCUT2D eigenvalue weighted by molar-refractivity contribution is 6.03. The third kappa shape index (κ3) is 4.28. The molecule has 4 rings (SSSR count). The molecule has 2 aromatic rings. The quantitative estimate of drug-likeness (QED) is 0.472. The Morgan fingerprint density at radius 3 is 2.54 bits per heavy atom. The van der Waals surface area contributed by atoms with Crippen molar-refractivity contribution in [2.24, 2.45) is 10.7 Å². The number of aromatic amines is 1. The molecule has 1 atom stereocenters. The van der Waals surface area contributed by atoms with E-state index in [-0.39, 0.29) is 11.4 Å². The minimum atomic E-state index is -0.214. The molecule has 0 amide bonds. The van der Waals surface area contributed by atoms with Crippen molar-refractivity contribution in [1.29, 1.82) is 0 Å². The number of hydrogen-bond donors (Lipinski definition) is 4. The fourth-order valence-electron chi connectivity index (χ4n) is 4.27. The Hall–Kier alpha value is -2.60. The first-order valence-electron chi connectivity index (χ1n) is 10.4. The van der Waals surface area contributed by atoms with Gasteiger partial charge in [-0.05, 0) is 56.0 Å². The second kappa shape index (κ2) is 8.61. The Balaban J connectivity index is 1.56. The van der Waals surface area contributed by atoms with Crippen LogP contribution in [-0.4, -0.2) is 23.4 Å². The molecule has 2 aliphatic rings. The van der Waals surface area contributed by atoms with Gasteiger partial charge in [0.1, 0.15) is 11.4 Å². The molecule has 28 heavy (non-hydrogen) atoms. The zero-order valence-electron chi connectivity index (χ0n) is 16.2. The second-order valence-corrected chi connectivity index (χ2v) is 7.81.